The Hall–Kier alpha value is -2.10. The molecule has 0 aliphatic rings. The first-order valence-corrected chi connectivity index (χ1v) is 5.47. The van der Waals surface area contributed by atoms with E-state index in [9.17, 15) is 4.79 Å². The number of rotatable bonds is 4. The zero-order valence-electron chi connectivity index (χ0n) is 9.63. The maximum absolute atomic E-state index is 10.5. The van der Waals surface area contributed by atoms with Crippen LogP contribution in [0.5, 0.6) is 0 Å². The third kappa shape index (κ3) is 2.93. The normalized spacial score (nSPS) is 10.4. The molecule has 0 radical (unpaired) electrons. The first kappa shape index (κ1) is 11.4. The number of aryl methyl sites for hydroxylation is 2. The number of nitrogens with zero attached hydrogens (tertiary/aromatic N) is 2. The van der Waals surface area contributed by atoms with Gasteiger partial charge in [0.25, 0.3) is 0 Å². The Kier molecular flexibility index (Phi) is 3.23. The Bertz CT molecular complexity index is 514. The van der Waals surface area contributed by atoms with Gasteiger partial charge >= 0.3 is 5.97 Å². The van der Waals surface area contributed by atoms with Crippen molar-refractivity contribution in [2.24, 2.45) is 0 Å². The molecule has 0 saturated carbocycles. The fourth-order valence-corrected chi connectivity index (χ4v) is 1.59. The number of imidazole rings is 1. The summed E-state index contributed by atoms with van der Waals surface area (Å²) < 4.78 is 1.90. The lowest BCUT2D eigenvalue weighted by molar-refractivity contribution is -0.136. The summed E-state index contributed by atoms with van der Waals surface area (Å²) in [5.74, 6) is -0.796. The topological polar surface area (TPSA) is 55.1 Å². The van der Waals surface area contributed by atoms with Gasteiger partial charge in [0.2, 0.25) is 0 Å². The molecule has 0 unspecified atom stereocenters. The van der Waals surface area contributed by atoms with Crippen molar-refractivity contribution in [3.63, 3.8) is 0 Å². The van der Waals surface area contributed by atoms with E-state index in [0.29, 0.717) is 6.42 Å². The summed E-state index contributed by atoms with van der Waals surface area (Å²) in [4.78, 5) is 14.6. The zero-order chi connectivity index (χ0) is 12.3. The standard InChI is InChI=1S/C13H14N2O2/c1-10-2-5-12(6-3-10)15-8-11(14-9-15)4-7-13(16)17/h2-3,5-6,8-9H,4,7H2,1H3,(H,16,17). The Morgan fingerprint density at radius 2 is 2.06 bits per heavy atom. The number of aliphatic carboxylic acids is 1. The number of carbonyl (C=O) groups is 1. The molecule has 0 amide bonds. The number of hydrogen-bond acceptors (Lipinski definition) is 2. The van der Waals surface area contributed by atoms with Gasteiger partial charge in [-0.1, -0.05) is 17.7 Å². The van der Waals surface area contributed by atoms with Crippen LogP contribution in [0.15, 0.2) is 36.8 Å². The van der Waals surface area contributed by atoms with Gasteiger partial charge in [0, 0.05) is 18.3 Å². The minimum absolute atomic E-state index is 0.116. The quantitative estimate of drug-likeness (QED) is 0.876. The molecule has 0 fully saturated rings. The fraction of sp³-hybridized carbons (Fsp3) is 0.231. The average molecular weight is 230 g/mol. The van der Waals surface area contributed by atoms with E-state index < -0.39 is 5.97 Å². The van der Waals surface area contributed by atoms with Crippen molar-refractivity contribution in [2.45, 2.75) is 19.8 Å². The van der Waals surface area contributed by atoms with E-state index in [0.717, 1.165) is 11.4 Å². The number of carboxylic acid groups (broad SMARTS) is 1. The second kappa shape index (κ2) is 4.82. The van der Waals surface area contributed by atoms with Crippen molar-refractivity contribution in [1.29, 1.82) is 0 Å². The Morgan fingerprint density at radius 1 is 1.35 bits per heavy atom. The van der Waals surface area contributed by atoms with Gasteiger partial charge in [0.05, 0.1) is 18.4 Å². The van der Waals surface area contributed by atoms with E-state index >= 15 is 0 Å². The maximum Gasteiger partial charge on any atom is 0.303 e. The molecular formula is C13H14N2O2. The van der Waals surface area contributed by atoms with Crippen molar-refractivity contribution >= 4 is 5.97 Å². The summed E-state index contributed by atoms with van der Waals surface area (Å²) in [6.07, 6.45) is 4.16. The molecule has 2 rings (SSSR count). The van der Waals surface area contributed by atoms with Gasteiger partial charge in [-0.05, 0) is 19.1 Å². The molecule has 0 saturated heterocycles. The summed E-state index contributed by atoms with van der Waals surface area (Å²) in [5.41, 5.74) is 3.04. The van der Waals surface area contributed by atoms with E-state index in [-0.39, 0.29) is 6.42 Å². The smallest absolute Gasteiger partial charge is 0.303 e. The van der Waals surface area contributed by atoms with Crippen LogP contribution in [0.2, 0.25) is 0 Å². The largest absolute Gasteiger partial charge is 0.481 e. The lowest BCUT2D eigenvalue weighted by atomic mass is 10.2. The Morgan fingerprint density at radius 3 is 2.71 bits per heavy atom. The van der Waals surface area contributed by atoms with Gasteiger partial charge in [0.15, 0.2) is 0 Å². The molecule has 88 valence electrons. The molecule has 1 N–H and O–H groups in total. The highest BCUT2D eigenvalue weighted by Gasteiger charge is 2.03. The maximum atomic E-state index is 10.5. The summed E-state index contributed by atoms with van der Waals surface area (Å²) in [6.45, 7) is 2.04. The fourth-order valence-electron chi connectivity index (χ4n) is 1.59. The third-order valence-corrected chi connectivity index (χ3v) is 2.56. The SMILES string of the molecule is Cc1ccc(-n2cnc(CCC(=O)O)c2)cc1. The summed E-state index contributed by atoms with van der Waals surface area (Å²) in [6, 6.07) is 8.09. The number of benzene rings is 1. The number of carboxylic acids is 1. The van der Waals surface area contributed by atoms with Crippen molar-refractivity contribution in [1.82, 2.24) is 9.55 Å². The molecule has 1 heterocycles. The van der Waals surface area contributed by atoms with Gasteiger partial charge < -0.3 is 9.67 Å². The first-order chi connectivity index (χ1) is 8.15. The van der Waals surface area contributed by atoms with Crippen LogP contribution in [0.25, 0.3) is 5.69 Å². The highest BCUT2D eigenvalue weighted by molar-refractivity contribution is 5.66. The van der Waals surface area contributed by atoms with Gasteiger partial charge in [-0.25, -0.2) is 4.98 Å². The lowest BCUT2D eigenvalue weighted by Crippen LogP contribution is -1.97. The second-order valence-electron chi connectivity index (χ2n) is 4.00. The van der Waals surface area contributed by atoms with Crippen LogP contribution in [0.4, 0.5) is 0 Å². The van der Waals surface area contributed by atoms with Crippen LogP contribution in [0.3, 0.4) is 0 Å². The molecular weight excluding hydrogens is 216 g/mol. The van der Waals surface area contributed by atoms with Crippen molar-refractivity contribution in [2.75, 3.05) is 0 Å². The van der Waals surface area contributed by atoms with E-state index in [1.165, 1.54) is 5.56 Å². The first-order valence-electron chi connectivity index (χ1n) is 5.47. The van der Waals surface area contributed by atoms with E-state index in [1.54, 1.807) is 6.33 Å². The highest BCUT2D eigenvalue weighted by atomic mass is 16.4. The van der Waals surface area contributed by atoms with Crippen LogP contribution in [-0.2, 0) is 11.2 Å². The van der Waals surface area contributed by atoms with Crippen LogP contribution in [-0.4, -0.2) is 20.6 Å². The molecule has 1 aromatic carbocycles. The van der Waals surface area contributed by atoms with Gasteiger partial charge in [-0.3, -0.25) is 4.79 Å². The summed E-state index contributed by atoms with van der Waals surface area (Å²) >= 11 is 0. The molecule has 0 bridgehead atoms. The summed E-state index contributed by atoms with van der Waals surface area (Å²) in [7, 11) is 0. The van der Waals surface area contributed by atoms with Crippen LogP contribution in [0.1, 0.15) is 17.7 Å². The summed E-state index contributed by atoms with van der Waals surface area (Å²) in [5, 5.41) is 8.59. The number of aromatic nitrogens is 2. The highest BCUT2D eigenvalue weighted by Crippen LogP contribution is 2.10. The Balaban J connectivity index is 2.12. The molecule has 4 nitrogen and oxygen atoms in total. The van der Waals surface area contributed by atoms with Gasteiger partial charge in [-0.2, -0.15) is 0 Å². The van der Waals surface area contributed by atoms with Gasteiger partial charge in [-0.15, -0.1) is 0 Å². The molecule has 0 spiro atoms. The molecule has 2 aromatic rings. The van der Waals surface area contributed by atoms with Crippen molar-refractivity contribution in [3.05, 3.63) is 48.0 Å². The molecule has 0 aliphatic heterocycles. The molecule has 4 heteroatoms. The minimum atomic E-state index is -0.796. The average Bonchev–Trinajstić information content (AvgIpc) is 2.76. The second-order valence-corrected chi connectivity index (χ2v) is 4.00. The molecule has 0 aliphatic carbocycles. The molecule has 1 aromatic heterocycles. The van der Waals surface area contributed by atoms with E-state index in [4.69, 9.17) is 5.11 Å². The predicted octanol–water partition coefficient (Wildman–Crippen LogP) is 2.20. The predicted molar refractivity (Wildman–Crippen MR) is 64.3 cm³/mol. The Labute approximate surface area is 99.5 Å². The monoisotopic (exact) mass is 230 g/mol. The zero-order valence-corrected chi connectivity index (χ0v) is 9.63. The van der Waals surface area contributed by atoms with Crippen LogP contribution < -0.4 is 0 Å². The van der Waals surface area contributed by atoms with Crippen molar-refractivity contribution < 1.29 is 9.90 Å². The van der Waals surface area contributed by atoms with Crippen LogP contribution in [0, 0.1) is 6.92 Å². The van der Waals surface area contributed by atoms with E-state index in [1.807, 2.05) is 42.0 Å². The van der Waals surface area contributed by atoms with Gasteiger partial charge in [0.1, 0.15) is 0 Å². The lowest BCUT2D eigenvalue weighted by Gasteiger charge is -2.01. The van der Waals surface area contributed by atoms with Crippen molar-refractivity contribution in [3.8, 4) is 5.69 Å². The number of hydrogen-bond donors (Lipinski definition) is 1. The minimum Gasteiger partial charge on any atom is -0.481 e. The van der Waals surface area contributed by atoms with E-state index in [2.05, 4.69) is 4.98 Å². The third-order valence-electron chi connectivity index (χ3n) is 2.56. The molecule has 0 atom stereocenters. The van der Waals surface area contributed by atoms with Crippen LogP contribution >= 0.6 is 0 Å². The molecule has 17 heavy (non-hydrogen) atoms.